The van der Waals surface area contributed by atoms with Gasteiger partial charge >= 0.3 is 0 Å². The van der Waals surface area contributed by atoms with Gasteiger partial charge < -0.3 is 15.1 Å². The maximum Gasteiger partial charge on any atom is 0.240 e. The van der Waals surface area contributed by atoms with Gasteiger partial charge in [-0.25, -0.2) is 18.1 Å². The highest BCUT2D eigenvalue weighted by Crippen LogP contribution is 2.24. The Morgan fingerprint density at radius 3 is 2.59 bits per heavy atom. The number of piperidine rings is 1. The van der Waals surface area contributed by atoms with Crippen LogP contribution in [0.2, 0.25) is 0 Å². The Labute approximate surface area is 208 Å². The summed E-state index contributed by atoms with van der Waals surface area (Å²) in [6.07, 6.45) is 5.41. The minimum absolute atomic E-state index is 0. The van der Waals surface area contributed by atoms with Crippen LogP contribution in [0.15, 0.2) is 57.0 Å². The number of likely N-dealkylation sites (tertiary alicyclic amines) is 1. The lowest BCUT2D eigenvalue weighted by atomic mass is 10.1. The minimum atomic E-state index is -3.47. The molecule has 0 aliphatic carbocycles. The molecule has 1 aliphatic heterocycles. The van der Waals surface area contributed by atoms with Crippen molar-refractivity contribution in [3.63, 3.8) is 0 Å². The quantitative estimate of drug-likeness (QED) is 0.242. The van der Waals surface area contributed by atoms with E-state index in [1.165, 1.54) is 26.3 Å². The van der Waals surface area contributed by atoms with E-state index in [1.54, 1.807) is 24.5 Å². The van der Waals surface area contributed by atoms with Crippen molar-refractivity contribution in [3.8, 4) is 0 Å². The molecule has 1 aromatic heterocycles. The topological polar surface area (TPSA) is 99.0 Å². The molecule has 10 heteroatoms. The van der Waals surface area contributed by atoms with Crippen LogP contribution in [0.5, 0.6) is 0 Å². The number of benzene rings is 1. The average Bonchev–Trinajstić information content (AvgIpc) is 3.33. The standard InChI is InChI=1S/C22H33N5O3S.HI/c1-3-24-22(25-16-18-9-7-10-19(15-18)31(28,29)23-2)26-17-20(21-11-8-14-30-21)27-12-5-4-6-13-27;/h7-11,14-15,20,23H,3-6,12-13,16-17H2,1-2H3,(H2,24,25,26);1H. The molecule has 0 bridgehead atoms. The van der Waals surface area contributed by atoms with Crippen LogP contribution in [0.25, 0.3) is 0 Å². The molecule has 1 aromatic carbocycles. The van der Waals surface area contributed by atoms with E-state index in [0.717, 1.165) is 31.0 Å². The highest BCUT2D eigenvalue weighted by Gasteiger charge is 2.24. The summed E-state index contributed by atoms with van der Waals surface area (Å²) in [7, 11) is -2.07. The first-order valence-electron chi connectivity index (χ1n) is 10.9. The number of halogens is 1. The number of nitrogens with one attached hydrogen (secondary N) is 3. The molecule has 1 aliphatic rings. The van der Waals surface area contributed by atoms with Crippen LogP contribution in [0, 0.1) is 0 Å². The van der Waals surface area contributed by atoms with Gasteiger partial charge in [0.25, 0.3) is 0 Å². The lowest BCUT2D eigenvalue weighted by Gasteiger charge is -2.33. The molecule has 32 heavy (non-hydrogen) atoms. The summed E-state index contributed by atoms with van der Waals surface area (Å²) in [4.78, 5) is 7.36. The smallest absolute Gasteiger partial charge is 0.240 e. The second-order valence-electron chi connectivity index (χ2n) is 7.56. The van der Waals surface area contributed by atoms with E-state index in [1.807, 2.05) is 25.1 Å². The highest BCUT2D eigenvalue weighted by atomic mass is 127. The molecule has 1 saturated heterocycles. The Morgan fingerprint density at radius 1 is 1.16 bits per heavy atom. The average molecular weight is 576 g/mol. The van der Waals surface area contributed by atoms with E-state index >= 15 is 0 Å². The van der Waals surface area contributed by atoms with Crippen molar-refractivity contribution in [1.29, 1.82) is 0 Å². The van der Waals surface area contributed by atoms with Gasteiger partial charge in [-0.15, -0.1) is 24.0 Å². The lowest BCUT2D eigenvalue weighted by molar-refractivity contribution is 0.146. The molecule has 1 atom stereocenters. The van der Waals surface area contributed by atoms with E-state index in [4.69, 9.17) is 4.42 Å². The third-order valence-electron chi connectivity index (χ3n) is 5.41. The Balaban J connectivity index is 0.00000363. The minimum Gasteiger partial charge on any atom is -0.468 e. The molecule has 1 fully saturated rings. The second kappa shape index (κ2) is 13.2. The van der Waals surface area contributed by atoms with E-state index in [-0.39, 0.29) is 34.9 Å². The summed E-state index contributed by atoms with van der Waals surface area (Å²) in [6.45, 7) is 5.92. The predicted octanol–water partition coefficient (Wildman–Crippen LogP) is 3.09. The fourth-order valence-corrected chi connectivity index (χ4v) is 4.55. The Morgan fingerprint density at radius 2 is 1.94 bits per heavy atom. The maximum absolute atomic E-state index is 12.0. The molecule has 0 radical (unpaired) electrons. The second-order valence-corrected chi connectivity index (χ2v) is 9.45. The van der Waals surface area contributed by atoms with E-state index in [9.17, 15) is 8.42 Å². The first-order valence-corrected chi connectivity index (χ1v) is 12.3. The summed E-state index contributed by atoms with van der Waals surface area (Å²) in [5.74, 6) is 1.65. The van der Waals surface area contributed by atoms with Gasteiger partial charge in [-0.05, 0) is 69.7 Å². The monoisotopic (exact) mass is 575 g/mol. The molecular formula is C22H34IN5O3S. The lowest BCUT2D eigenvalue weighted by Crippen LogP contribution is -2.44. The Kier molecular flexibility index (Phi) is 11.0. The summed E-state index contributed by atoms with van der Waals surface area (Å²) < 4.78 is 32.2. The highest BCUT2D eigenvalue weighted by molar-refractivity contribution is 14.0. The number of hydrogen-bond donors (Lipinski definition) is 3. The summed E-state index contributed by atoms with van der Waals surface area (Å²) in [5.41, 5.74) is 0.826. The Bertz CT molecular complexity index is 944. The van der Waals surface area contributed by atoms with Crippen LogP contribution in [-0.2, 0) is 16.6 Å². The Hall–Kier alpha value is -1.63. The van der Waals surface area contributed by atoms with Crippen LogP contribution in [0.4, 0.5) is 0 Å². The van der Waals surface area contributed by atoms with Gasteiger partial charge in [-0.2, -0.15) is 0 Å². The fraction of sp³-hybridized carbons (Fsp3) is 0.500. The van der Waals surface area contributed by atoms with Crippen molar-refractivity contribution in [2.24, 2.45) is 4.99 Å². The van der Waals surface area contributed by atoms with Crippen LogP contribution in [0.1, 0.15) is 43.6 Å². The SMILES string of the molecule is CCNC(=NCc1cccc(S(=O)(=O)NC)c1)NCC(c1ccco1)N1CCCCC1.I. The van der Waals surface area contributed by atoms with E-state index < -0.39 is 10.0 Å². The van der Waals surface area contributed by atoms with Crippen molar-refractivity contribution in [2.45, 2.75) is 43.7 Å². The zero-order valence-electron chi connectivity index (χ0n) is 18.7. The summed E-state index contributed by atoms with van der Waals surface area (Å²) in [6, 6.07) is 10.9. The molecule has 0 amide bonds. The van der Waals surface area contributed by atoms with Crippen molar-refractivity contribution >= 4 is 40.0 Å². The van der Waals surface area contributed by atoms with Gasteiger partial charge in [0, 0.05) is 13.1 Å². The van der Waals surface area contributed by atoms with Crippen molar-refractivity contribution in [1.82, 2.24) is 20.3 Å². The third-order valence-corrected chi connectivity index (χ3v) is 6.82. The third kappa shape index (κ3) is 7.46. The van der Waals surface area contributed by atoms with Crippen molar-refractivity contribution in [3.05, 3.63) is 54.0 Å². The van der Waals surface area contributed by atoms with Gasteiger partial charge in [-0.1, -0.05) is 18.6 Å². The zero-order chi connectivity index (χ0) is 22.1. The molecule has 3 N–H and O–H groups in total. The number of hydrogen-bond acceptors (Lipinski definition) is 5. The first kappa shape index (κ1) is 26.6. The first-order chi connectivity index (χ1) is 15.0. The number of aliphatic imine (C=N–C) groups is 1. The van der Waals surface area contributed by atoms with Crippen LogP contribution < -0.4 is 15.4 Å². The molecule has 2 heterocycles. The van der Waals surface area contributed by atoms with Gasteiger partial charge in [0.15, 0.2) is 5.96 Å². The number of guanidine groups is 1. The van der Waals surface area contributed by atoms with Gasteiger partial charge in [0.2, 0.25) is 10.0 Å². The summed E-state index contributed by atoms with van der Waals surface area (Å²) >= 11 is 0. The number of rotatable bonds is 9. The normalized spacial score (nSPS) is 16.2. The van der Waals surface area contributed by atoms with Crippen LogP contribution in [0.3, 0.4) is 0 Å². The molecule has 2 aromatic rings. The molecule has 178 valence electrons. The zero-order valence-corrected chi connectivity index (χ0v) is 21.9. The molecule has 0 saturated carbocycles. The molecule has 8 nitrogen and oxygen atoms in total. The van der Waals surface area contributed by atoms with Gasteiger partial charge in [0.1, 0.15) is 5.76 Å². The number of nitrogens with zero attached hydrogens (tertiary/aromatic N) is 2. The maximum atomic E-state index is 12.0. The largest absolute Gasteiger partial charge is 0.468 e. The van der Waals surface area contributed by atoms with Crippen molar-refractivity contribution < 1.29 is 12.8 Å². The van der Waals surface area contributed by atoms with E-state index in [2.05, 4.69) is 25.2 Å². The molecular weight excluding hydrogens is 541 g/mol. The van der Waals surface area contributed by atoms with E-state index in [0.29, 0.717) is 19.0 Å². The fourth-order valence-electron chi connectivity index (χ4n) is 3.75. The van der Waals surface area contributed by atoms with Crippen LogP contribution >= 0.6 is 24.0 Å². The molecule has 3 rings (SSSR count). The number of furan rings is 1. The van der Waals surface area contributed by atoms with Crippen molar-refractivity contribution in [2.75, 3.05) is 33.2 Å². The van der Waals surface area contributed by atoms with Gasteiger partial charge in [0.05, 0.1) is 23.7 Å². The number of sulfonamides is 1. The molecule has 0 spiro atoms. The van der Waals surface area contributed by atoms with Crippen LogP contribution in [-0.4, -0.2) is 52.5 Å². The predicted molar refractivity (Wildman–Crippen MR) is 138 cm³/mol. The van der Waals surface area contributed by atoms with Gasteiger partial charge in [-0.3, -0.25) is 4.90 Å². The molecule has 1 unspecified atom stereocenters. The summed E-state index contributed by atoms with van der Waals surface area (Å²) in [5, 5.41) is 6.71.